The summed E-state index contributed by atoms with van der Waals surface area (Å²) in [6.45, 7) is 17.8. The number of fused-ring (bicyclic) bond motifs is 1. The molecule has 50 heavy (non-hydrogen) atoms. The maximum Gasteiger partial charge on any atom is 0.338 e. The lowest BCUT2D eigenvalue weighted by atomic mass is 9.72. The van der Waals surface area contributed by atoms with Crippen molar-refractivity contribution in [3.8, 4) is 0 Å². The Morgan fingerprint density at radius 2 is 1.50 bits per heavy atom. The van der Waals surface area contributed by atoms with Gasteiger partial charge in [0.25, 0.3) is 0 Å². The molecule has 0 aromatic heterocycles. The molecule has 12 nitrogen and oxygen atoms in total. The first-order valence-electron chi connectivity index (χ1n) is 16.9. The summed E-state index contributed by atoms with van der Waals surface area (Å²) in [6.07, 6.45) is -4.53. The zero-order valence-corrected chi connectivity index (χ0v) is 30.3. The zero-order valence-electron chi connectivity index (χ0n) is 30.3. The Bertz CT molecular complexity index is 1490. The van der Waals surface area contributed by atoms with Crippen molar-refractivity contribution in [1.82, 2.24) is 0 Å². The van der Waals surface area contributed by atoms with Crippen molar-refractivity contribution >= 4 is 35.6 Å². The predicted molar refractivity (Wildman–Crippen MR) is 180 cm³/mol. The number of carbonyl (C=O) groups excluding carboxylic acids is 6. The highest BCUT2D eigenvalue weighted by Crippen LogP contribution is 2.49. The molecule has 0 bridgehead atoms. The van der Waals surface area contributed by atoms with Crippen LogP contribution in [0.3, 0.4) is 0 Å². The van der Waals surface area contributed by atoms with Crippen molar-refractivity contribution in [2.45, 2.75) is 111 Å². The molecule has 0 amide bonds. The summed E-state index contributed by atoms with van der Waals surface area (Å²) < 4.78 is 29.7. The Morgan fingerprint density at radius 3 is 2.04 bits per heavy atom. The molecule has 2 aliphatic rings. The molecule has 1 saturated carbocycles. The van der Waals surface area contributed by atoms with Crippen molar-refractivity contribution < 1.29 is 57.6 Å². The van der Waals surface area contributed by atoms with E-state index in [2.05, 4.69) is 6.58 Å². The van der Waals surface area contributed by atoms with Gasteiger partial charge in [0, 0.05) is 37.2 Å². The van der Waals surface area contributed by atoms with Crippen molar-refractivity contribution in [2.24, 2.45) is 29.1 Å². The molecule has 0 radical (unpaired) electrons. The summed E-state index contributed by atoms with van der Waals surface area (Å²) in [5.74, 6) is -8.20. The summed E-state index contributed by atoms with van der Waals surface area (Å²) in [5.41, 5.74) is -3.51. The molecule has 0 unspecified atom stereocenters. The molecule has 0 heterocycles. The smallest absolute Gasteiger partial charge is 0.338 e. The van der Waals surface area contributed by atoms with Gasteiger partial charge in [-0.1, -0.05) is 85.4 Å². The predicted octanol–water partition coefficient (Wildman–Crippen LogP) is 4.71. The van der Waals surface area contributed by atoms with E-state index in [9.17, 15) is 33.9 Å². The highest BCUT2D eigenvalue weighted by Gasteiger charge is 2.63. The topological polar surface area (TPSA) is 169 Å². The summed E-state index contributed by atoms with van der Waals surface area (Å²) in [4.78, 5) is 79.7. The molecule has 0 spiro atoms. The maximum atomic E-state index is 14.3. The summed E-state index contributed by atoms with van der Waals surface area (Å²) in [5, 5.41) is 12.4. The van der Waals surface area contributed by atoms with E-state index in [1.54, 1.807) is 72.7 Å². The quantitative estimate of drug-likeness (QED) is 0.226. The molecular weight excluding hydrogens is 648 g/mol. The largest absolute Gasteiger partial charge is 0.461 e. The molecule has 1 aromatic rings. The molecular formula is C38H50O12. The van der Waals surface area contributed by atoms with Crippen LogP contribution in [-0.4, -0.2) is 76.9 Å². The van der Waals surface area contributed by atoms with Gasteiger partial charge in [0.15, 0.2) is 24.1 Å². The SMILES string of the molecule is C=C1[C@H](OC(=O)C(C)C)[C@@H](OC(=O)c2ccccc2)[C@@H](OC(C)=O)C(C)(C)/C=C/[C@H](C)C(=O)[C@@]2(O)C[C@H](C)[C@H](OC(=O)CC)[C@@H]2[C@H]1OC(C)=O. The number of hydrogen-bond acceptors (Lipinski definition) is 12. The van der Waals surface area contributed by atoms with Crippen molar-refractivity contribution in [2.75, 3.05) is 0 Å². The van der Waals surface area contributed by atoms with Gasteiger partial charge in [-0.15, -0.1) is 0 Å². The van der Waals surface area contributed by atoms with E-state index >= 15 is 0 Å². The Balaban J connectivity index is 2.45. The third-order valence-electron chi connectivity index (χ3n) is 9.25. The van der Waals surface area contributed by atoms with Crippen LogP contribution in [-0.2, 0) is 47.7 Å². The van der Waals surface area contributed by atoms with Crippen molar-refractivity contribution in [1.29, 1.82) is 0 Å². The lowest BCUT2D eigenvalue weighted by Gasteiger charge is -2.44. The third-order valence-corrected chi connectivity index (χ3v) is 9.25. The van der Waals surface area contributed by atoms with Gasteiger partial charge in [-0.25, -0.2) is 4.79 Å². The lowest BCUT2D eigenvalue weighted by Crippen LogP contribution is -2.58. The minimum absolute atomic E-state index is 0.0219. The van der Waals surface area contributed by atoms with Crippen LogP contribution in [0.2, 0.25) is 0 Å². The maximum absolute atomic E-state index is 14.3. The van der Waals surface area contributed by atoms with Gasteiger partial charge < -0.3 is 28.8 Å². The van der Waals surface area contributed by atoms with Crippen LogP contribution >= 0.6 is 0 Å². The first kappa shape index (κ1) is 40.1. The van der Waals surface area contributed by atoms with Gasteiger partial charge in [0.1, 0.15) is 17.8 Å². The number of esters is 5. The van der Waals surface area contributed by atoms with Crippen LogP contribution in [0, 0.1) is 29.1 Å². The van der Waals surface area contributed by atoms with E-state index in [0.717, 1.165) is 13.8 Å². The van der Waals surface area contributed by atoms with E-state index in [4.69, 9.17) is 23.7 Å². The van der Waals surface area contributed by atoms with Gasteiger partial charge in [-0.3, -0.25) is 24.0 Å². The van der Waals surface area contributed by atoms with Gasteiger partial charge >= 0.3 is 29.8 Å². The zero-order chi connectivity index (χ0) is 37.7. The molecule has 12 heteroatoms. The minimum atomic E-state index is -2.23. The average Bonchev–Trinajstić information content (AvgIpc) is 3.30. The van der Waals surface area contributed by atoms with Gasteiger partial charge in [-0.2, -0.15) is 0 Å². The summed E-state index contributed by atoms with van der Waals surface area (Å²) in [6, 6.07) is 7.97. The van der Waals surface area contributed by atoms with E-state index in [1.807, 2.05) is 0 Å². The van der Waals surface area contributed by atoms with E-state index in [1.165, 1.54) is 18.2 Å². The van der Waals surface area contributed by atoms with Gasteiger partial charge in [0.05, 0.1) is 17.4 Å². The second kappa shape index (κ2) is 16.1. The van der Waals surface area contributed by atoms with Crippen LogP contribution in [0.15, 0.2) is 54.6 Å². The first-order valence-corrected chi connectivity index (χ1v) is 16.9. The van der Waals surface area contributed by atoms with Crippen molar-refractivity contribution in [3.05, 3.63) is 60.2 Å². The molecule has 1 fully saturated rings. The molecule has 1 aromatic carbocycles. The Labute approximate surface area is 293 Å². The molecule has 274 valence electrons. The second-order valence-corrected chi connectivity index (χ2v) is 14.2. The number of ketones is 1. The van der Waals surface area contributed by atoms with Gasteiger partial charge in [0.2, 0.25) is 0 Å². The number of carbonyl (C=O) groups is 6. The Hall–Kier alpha value is -4.32. The molecule has 0 aliphatic heterocycles. The van der Waals surface area contributed by atoms with Gasteiger partial charge in [-0.05, 0) is 24.5 Å². The Kier molecular flexibility index (Phi) is 12.9. The molecule has 9 atom stereocenters. The van der Waals surface area contributed by atoms with Crippen LogP contribution in [0.25, 0.3) is 0 Å². The normalized spacial score (nSPS) is 31.7. The number of allylic oxidation sites excluding steroid dienone is 1. The highest BCUT2D eigenvalue weighted by atomic mass is 16.6. The van der Waals surface area contributed by atoms with Crippen LogP contribution < -0.4 is 0 Å². The van der Waals surface area contributed by atoms with E-state index < -0.39 is 101 Å². The lowest BCUT2D eigenvalue weighted by molar-refractivity contribution is -0.182. The molecule has 2 aliphatic carbocycles. The number of ether oxygens (including phenoxy) is 5. The fourth-order valence-electron chi connectivity index (χ4n) is 6.65. The number of hydrogen-bond donors (Lipinski definition) is 1. The van der Waals surface area contributed by atoms with E-state index in [0.29, 0.717) is 0 Å². The van der Waals surface area contributed by atoms with Crippen molar-refractivity contribution in [3.63, 3.8) is 0 Å². The molecule has 0 saturated heterocycles. The fraction of sp³-hybridized carbons (Fsp3) is 0.579. The second-order valence-electron chi connectivity index (χ2n) is 14.2. The number of aliphatic hydroxyl groups is 1. The molecule has 1 N–H and O–H groups in total. The molecule has 3 rings (SSSR count). The van der Waals surface area contributed by atoms with E-state index in [-0.39, 0.29) is 24.0 Å². The third kappa shape index (κ3) is 8.88. The average molecular weight is 699 g/mol. The van der Waals surface area contributed by atoms with Crippen LogP contribution in [0.4, 0.5) is 0 Å². The monoisotopic (exact) mass is 698 g/mol. The number of benzene rings is 1. The fourth-order valence-corrected chi connectivity index (χ4v) is 6.65. The highest BCUT2D eigenvalue weighted by molar-refractivity contribution is 5.92. The van der Waals surface area contributed by atoms with Crippen LogP contribution in [0.1, 0.15) is 85.5 Å². The minimum Gasteiger partial charge on any atom is -0.461 e. The Morgan fingerprint density at radius 1 is 0.900 bits per heavy atom. The first-order chi connectivity index (χ1) is 23.2. The standard InChI is InChI=1S/C38H50O12/c1-11-27(41)48-29-22(5)19-38(45)28(29)30(46-24(7)39)23(6)31(49-35(43)20(2)3)32(50-36(44)26-15-13-12-14-16-26)34(47-25(8)40)37(9,10)18-17-21(4)33(38)42/h12-18,20-22,28-32,34,45H,6,11,19H2,1-5,7-10H3/b18-17+/t21-,22-,28+,29-,30-,31-,32+,34+,38+/m0/s1. The number of Topliss-reactive ketones (excluding diaryl/α,β-unsaturated/α-hetero) is 1. The summed E-state index contributed by atoms with van der Waals surface area (Å²) in [7, 11) is 0. The number of rotatable bonds is 8. The summed E-state index contributed by atoms with van der Waals surface area (Å²) >= 11 is 0. The van der Waals surface area contributed by atoms with Crippen LogP contribution in [0.5, 0.6) is 0 Å².